The number of aromatic nitrogens is 2. The highest BCUT2D eigenvalue weighted by Gasteiger charge is 2.43. The minimum Gasteiger partial charge on any atom is -0.281 e. The Bertz CT molecular complexity index is 545. The Labute approximate surface area is 108 Å². The lowest BCUT2D eigenvalue weighted by Gasteiger charge is -2.31. The highest BCUT2D eigenvalue weighted by Crippen LogP contribution is 2.35. The van der Waals surface area contributed by atoms with Gasteiger partial charge in [-0.2, -0.15) is 22.6 Å². The van der Waals surface area contributed by atoms with Crippen molar-refractivity contribution in [3.8, 4) is 0 Å². The highest BCUT2D eigenvalue weighted by molar-refractivity contribution is 7.89. The average molecular weight is 297 g/mol. The third kappa shape index (κ3) is 2.76. The van der Waals surface area contributed by atoms with E-state index in [0.717, 1.165) is 4.31 Å². The number of hydrogen-bond acceptors (Lipinski definition) is 3. The predicted molar refractivity (Wildman–Crippen MR) is 60.9 cm³/mol. The summed E-state index contributed by atoms with van der Waals surface area (Å²) in [5.41, 5.74) is 0.387. The van der Waals surface area contributed by atoms with E-state index < -0.39 is 22.1 Å². The third-order valence-corrected chi connectivity index (χ3v) is 5.33. The summed E-state index contributed by atoms with van der Waals surface area (Å²) in [6.45, 7) is 1.33. The van der Waals surface area contributed by atoms with E-state index in [9.17, 15) is 21.6 Å². The number of aromatic amines is 1. The van der Waals surface area contributed by atoms with Gasteiger partial charge in [-0.15, -0.1) is 0 Å². The number of nitrogens with one attached hydrogen (secondary N) is 1. The van der Waals surface area contributed by atoms with Crippen molar-refractivity contribution >= 4 is 10.0 Å². The summed E-state index contributed by atoms with van der Waals surface area (Å²) in [6, 6.07) is 0. The smallest absolute Gasteiger partial charge is 0.281 e. The van der Waals surface area contributed by atoms with Gasteiger partial charge in [-0.25, -0.2) is 8.42 Å². The van der Waals surface area contributed by atoms with E-state index in [1.807, 2.05) is 0 Å². The van der Waals surface area contributed by atoms with Crippen LogP contribution in [0.2, 0.25) is 0 Å². The fourth-order valence-electron chi connectivity index (χ4n) is 2.16. The van der Waals surface area contributed by atoms with Crippen LogP contribution in [0.3, 0.4) is 0 Å². The second kappa shape index (κ2) is 4.78. The second-order valence-corrected chi connectivity index (χ2v) is 6.49. The maximum atomic E-state index is 12.5. The molecule has 0 radical (unpaired) electrons. The Kier molecular flexibility index (Phi) is 3.61. The first-order chi connectivity index (χ1) is 8.73. The van der Waals surface area contributed by atoms with E-state index >= 15 is 0 Å². The first-order valence-electron chi connectivity index (χ1n) is 5.80. The number of piperidine rings is 1. The molecule has 2 heterocycles. The Morgan fingerprint density at radius 1 is 1.37 bits per heavy atom. The first-order valence-corrected chi connectivity index (χ1v) is 7.24. The molecule has 0 amide bonds. The van der Waals surface area contributed by atoms with Gasteiger partial charge < -0.3 is 0 Å². The normalized spacial score (nSPS) is 19.8. The monoisotopic (exact) mass is 297 g/mol. The summed E-state index contributed by atoms with van der Waals surface area (Å²) in [7, 11) is -3.75. The summed E-state index contributed by atoms with van der Waals surface area (Å²) >= 11 is 0. The molecule has 1 aromatic heterocycles. The quantitative estimate of drug-likeness (QED) is 0.903. The van der Waals surface area contributed by atoms with Crippen LogP contribution in [-0.2, 0) is 10.0 Å². The van der Waals surface area contributed by atoms with Crippen LogP contribution in [0.4, 0.5) is 13.2 Å². The molecule has 2 rings (SSSR count). The zero-order chi connectivity index (χ0) is 14.3. The van der Waals surface area contributed by atoms with E-state index in [4.69, 9.17) is 0 Å². The van der Waals surface area contributed by atoms with E-state index in [1.54, 1.807) is 6.92 Å². The molecule has 0 spiro atoms. The van der Waals surface area contributed by atoms with Gasteiger partial charge >= 0.3 is 6.18 Å². The van der Waals surface area contributed by atoms with Gasteiger partial charge in [0.1, 0.15) is 4.90 Å². The fraction of sp³-hybridized carbons (Fsp3) is 0.700. The molecule has 1 N–H and O–H groups in total. The Morgan fingerprint density at radius 2 is 1.95 bits per heavy atom. The molecule has 0 saturated carbocycles. The van der Waals surface area contributed by atoms with Crippen LogP contribution in [0.15, 0.2) is 11.1 Å². The summed E-state index contributed by atoms with van der Waals surface area (Å²) in [4.78, 5) is 0.0259. The van der Waals surface area contributed by atoms with Crippen LogP contribution >= 0.6 is 0 Å². The lowest BCUT2D eigenvalue weighted by molar-refractivity contribution is -0.182. The van der Waals surface area contributed by atoms with Crippen molar-refractivity contribution in [1.29, 1.82) is 0 Å². The van der Waals surface area contributed by atoms with Crippen molar-refractivity contribution in [2.75, 3.05) is 13.1 Å². The van der Waals surface area contributed by atoms with Gasteiger partial charge in [0.15, 0.2) is 0 Å². The van der Waals surface area contributed by atoms with E-state index in [1.165, 1.54) is 6.20 Å². The van der Waals surface area contributed by atoms with Crippen molar-refractivity contribution in [3.63, 3.8) is 0 Å². The van der Waals surface area contributed by atoms with Crippen LogP contribution in [0.5, 0.6) is 0 Å². The average Bonchev–Trinajstić information content (AvgIpc) is 2.75. The van der Waals surface area contributed by atoms with Crippen molar-refractivity contribution in [2.24, 2.45) is 5.92 Å². The predicted octanol–water partition coefficient (Wildman–Crippen LogP) is 1.68. The van der Waals surface area contributed by atoms with Crippen molar-refractivity contribution in [1.82, 2.24) is 14.5 Å². The molecule has 0 unspecified atom stereocenters. The lowest BCUT2D eigenvalue weighted by Crippen LogP contribution is -2.42. The van der Waals surface area contributed by atoms with Crippen molar-refractivity contribution < 1.29 is 21.6 Å². The zero-order valence-electron chi connectivity index (χ0n) is 10.2. The van der Waals surface area contributed by atoms with Gasteiger partial charge in [0.2, 0.25) is 10.0 Å². The van der Waals surface area contributed by atoms with Gasteiger partial charge in [-0.1, -0.05) is 0 Å². The van der Waals surface area contributed by atoms with Crippen LogP contribution in [-0.4, -0.2) is 42.2 Å². The van der Waals surface area contributed by atoms with Gasteiger partial charge in [-0.3, -0.25) is 5.10 Å². The molecule has 0 aliphatic carbocycles. The maximum absolute atomic E-state index is 12.5. The van der Waals surface area contributed by atoms with Crippen LogP contribution in [0.25, 0.3) is 0 Å². The van der Waals surface area contributed by atoms with E-state index in [-0.39, 0.29) is 30.8 Å². The molecule has 19 heavy (non-hydrogen) atoms. The molecule has 0 atom stereocenters. The number of alkyl halides is 3. The van der Waals surface area contributed by atoms with Gasteiger partial charge in [-0.05, 0) is 19.8 Å². The van der Waals surface area contributed by atoms with Gasteiger partial charge in [0.25, 0.3) is 0 Å². The number of aryl methyl sites for hydroxylation is 1. The SMILES string of the molecule is Cc1[nH]ncc1S(=O)(=O)N1CCC(C(F)(F)F)CC1. The second-order valence-electron chi connectivity index (χ2n) is 4.58. The van der Waals surface area contributed by atoms with E-state index in [0.29, 0.717) is 5.69 Å². The molecular formula is C10H14F3N3O2S. The number of hydrogen-bond donors (Lipinski definition) is 1. The number of rotatable bonds is 2. The molecule has 108 valence electrons. The fourth-order valence-corrected chi connectivity index (χ4v) is 3.75. The molecule has 0 aromatic carbocycles. The Hall–Kier alpha value is -1.09. The zero-order valence-corrected chi connectivity index (χ0v) is 11.1. The summed E-state index contributed by atoms with van der Waals surface area (Å²) in [5, 5.41) is 6.14. The van der Waals surface area contributed by atoms with Crippen LogP contribution in [0, 0.1) is 12.8 Å². The topological polar surface area (TPSA) is 66.1 Å². The van der Waals surface area contributed by atoms with Gasteiger partial charge in [0, 0.05) is 13.1 Å². The number of nitrogens with zero attached hydrogens (tertiary/aromatic N) is 2. The molecule has 1 saturated heterocycles. The minimum atomic E-state index is -4.25. The molecule has 1 aliphatic heterocycles. The summed E-state index contributed by atoms with van der Waals surface area (Å²) in [6.07, 6.45) is -3.46. The number of halogens is 3. The third-order valence-electron chi connectivity index (χ3n) is 3.32. The number of H-pyrrole nitrogens is 1. The molecule has 9 heteroatoms. The first kappa shape index (κ1) is 14.3. The highest BCUT2D eigenvalue weighted by atomic mass is 32.2. The van der Waals surface area contributed by atoms with Crippen molar-refractivity contribution in [2.45, 2.75) is 30.8 Å². The minimum absolute atomic E-state index is 0.0259. The summed E-state index contributed by atoms with van der Waals surface area (Å²) in [5.74, 6) is -1.41. The van der Waals surface area contributed by atoms with E-state index in [2.05, 4.69) is 10.2 Å². The van der Waals surface area contributed by atoms with Crippen LogP contribution < -0.4 is 0 Å². The van der Waals surface area contributed by atoms with Crippen LogP contribution in [0.1, 0.15) is 18.5 Å². The molecule has 1 fully saturated rings. The molecule has 0 bridgehead atoms. The number of sulfonamides is 1. The largest absolute Gasteiger partial charge is 0.391 e. The molecule has 1 aromatic rings. The Morgan fingerprint density at radius 3 is 2.37 bits per heavy atom. The van der Waals surface area contributed by atoms with Gasteiger partial charge in [0.05, 0.1) is 17.8 Å². The van der Waals surface area contributed by atoms with Crippen molar-refractivity contribution in [3.05, 3.63) is 11.9 Å². The molecule has 5 nitrogen and oxygen atoms in total. The standard InChI is InChI=1S/C10H14F3N3O2S/c1-7-9(6-14-15-7)19(17,18)16-4-2-8(3-5-16)10(11,12)13/h6,8H,2-5H2,1H3,(H,14,15). The Balaban J connectivity index is 2.12. The summed E-state index contributed by atoms with van der Waals surface area (Å²) < 4.78 is 63.1. The molecular weight excluding hydrogens is 283 g/mol. The lowest BCUT2D eigenvalue weighted by atomic mass is 9.98. The maximum Gasteiger partial charge on any atom is 0.391 e. The molecule has 1 aliphatic rings.